The van der Waals surface area contributed by atoms with Crippen LogP contribution >= 0.6 is 0 Å². The predicted molar refractivity (Wildman–Crippen MR) is 86.8 cm³/mol. The summed E-state index contributed by atoms with van der Waals surface area (Å²) in [5.41, 5.74) is 0. The molecule has 1 rings (SSSR count). The van der Waals surface area contributed by atoms with Gasteiger partial charge in [-0.05, 0) is 20.8 Å². The quantitative estimate of drug-likeness (QED) is 0.606. The standard InChI is InChI=1S/C14H28N2O3.C2H6/c1-13(2)19-11-9-16-6-4-15(5-7-16)8-10-18-12-14(3)17;1-2/h13H,4-12H2,1-3H3;1-2H3. The Morgan fingerprint density at radius 2 is 1.48 bits per heavy atom. The van der Waals surface area contributed by atoms with E-state index in [0.29, 0.717) is 12.7 Å². The molecule has 0 atom stereocenters. The van der Waals surface area contributed by atoms with Crippen LogP contribution in [0.4, 0.5) is 0 Å². The second-order valence-electron chi connectivity index (χ2n) is 5.36. The van der Waals surface area contributed by atoms with E-state index in [0.717, 1.165) is 45.9 Å². The first-order chi connectivity index (χ1) is 10.1. The van der Waals surface area contributed by atoms with E-state index in [4.69, 9.17) is 9.47 Å². The largest absolute Gasteiger partial charge is 0.377 e. The van der Waals surface area contributed by atoms with E-state index in [-0.39, 0.29) is 12.4 Å². The Labute approximate surface area is 130 Å². The number of piperazine rings is 1. The SMILES string of the molecule is CC.CC(=O)COCCN1CCN(CCOC(C)C)CC1. The summed E-state index contributed by atoms with van der Waals surface area (Å²) in [7, 11) is 0. The summed E-state index contributed by atoms with van der Waals surface area (Å²) in [6, 6.07) is 0. The molecule has 0 N–H and O–H groups in total. The van der Waals surface area contributed by atoms with Crippen LogP contribution in [0.1, 0.15) is 34.6 Å². The number of hydrogen-bond acceptors (Lipinski definition) is 5. The lowest BCUT2D eigenvalue weighted by molar-refractivity contribution is -0.121. The van der Waals surface area contributed by atoms with E-state index in [1.807, 2.05) is 13.8 Å². The second kappa shape index (κ2) is 13.2. The average Bonchev–Trinajstić information content (AvgIpc) is 2.47. The number of hydrogen-bond donors (Lipinski definition) is 0. The van der Waals surface area contributed by atoms with Crippen LogP contribution in [0.15, 0.2) is 0 Å². The maximum atomic E-state index is 10.7. The van der Waals surface area contributed by atoms with Crippen LogP contribution in [-0.2, 0) is 14.3 Å². The van der Waals surface area contributed by atoms with Gasteiger partial charge < -0.3 is 9.47 Å². The zero-order chi connectivity index (χ0) is 16.1. The summed E-state index contributed by atoms with van der Waals surface area (Å²) in [5, 5.41) is 0. The molecule has 1 aliphatic rings. The lowest BCUT2D eigenvalue weighted by Crippen LogP contribution is -2.48. The first-order valence-electron chi connectivity index (χ1n) is 8.21. The van der Waals surface area contributed by atoms with Crippen molar-refractivity contribution < 1.29 is 14.3 Å². The van der Waals surface area contributed by atoms with E-state index in [2.05, 4.69) is 23.6 Å². The molecule has 1 fully saturated rings. The number of ether oxygens (including phenoxy) is 2. The molecule has 0 amide bonds. The molecule has 126 valence electrons. The third kappa shape index (κ3) is 11.8. The van der Waals surface area contributed by atoms with Crippen LogP contribution in [-0.4, -0.2) is 80.8 Å². The molecular weight excluding hydrogens is 268 g/mol. The highest BCUT2D eigenvalue weighted by molar-refractivity contribution is 5.76. The molecular formula is C16H34N2O3. The Kier molecular flexibility index (Phi) is 12.9. The maximum absolute atomic E-state index is 10.7. The van der Waals surface area contributed by atoms with Crippen molar-refractivity contribution in [2.45, 2.75) is 40.7 Å². The van der Waals surface area contributed by atoms with Gasteiger partial charge >= 0.3 is 0 Å². The third-order valence-corrected chi connectivity index (χ3v) is 3.18. The number of nitrogens with zero attached hydrogens (tertiary/aromatic N) is 2. The van der Waals surface area contributed by atoms with Crippen molar-refractivity contribution in [3.8, 4) is 0 Å². The normalized spacial score (nSPS) is 16.7. The lowest BCUT2D eigenvalue weighted by Gasteiger charge is -2.34. The molecule has 0 bridgehead atoms. The van der Waals surface area contributed by atoms with Crippen LogP contribution < -0.4 is 0 Å². The summed E-state index contributed by atoms with van der Waals surface area (Å²) in [6.07, 6.45) is 0.319. The molecule has 21 heavy (non-hydrogen) atoms. The van der Waals surface area contributed by atoms with Gasteiger partial charge in [-0.2, -0.15) is 0 Å². The average molecular weight is 302 g/mol. The first kappa shape index (κ1) is 20.5. The zero-order valence-electron chi connectivity index (χ0n) is 14.6. The Hall–Kier alpha value is -0.490. The Balaban J connectivity index is 0.00000191. The van der Waals surface area contributed by atoms with Crippen LogP contribution in [0.2, 0.25) is 0 Å². The minimum absolute atomic E-state index is 0.0926. The molecule has 1 aliphatic heterocycles. The van der Waals surface area contributed by atoms with Crippen LogP contribution in [0.3, 0.4) is 0 Å². The second-order valence-corrected chi connectivity index (χ2v) is 5.36. The Morgan fingerprint density at radius 3 is 1.90 bits per heavy atom. The summed E-state index contributed by atoms with van der Waals surface area (Å²) in [6.45, 7) is 17.7. The highest BCUT2D eigenvalue weighted by Gasteiger charge is 2.16. The van der Waals surface area contributed by atoms with Gasteiger partial charge in [-0.1, -0.05) is 13.8 Å². The van der Waals surface area contributed by atoms with E-state index in [1.54, 1.807) is 6.92 Å². The van der Waals surface area contributed by atoms with Crippen LogP contribution in [0.5, 0.6) is 0 Å². The van der Waals surface area contributed by atoms with Crippen molar-refractivity contribution in [1.82, 2.24) is 9.80 Å². The van der Waals surface area contributed by atoms with Gasteiger partial charge in [0.25, 0.3) is 0 Å². The molecule has 5 heteroatoms. The van der Waals surface area contributed by atoms with Crippen molar-refractivity contribution in [1.29, 1.82) is 0 Å². The summed E-state index contributed by atoms with van der Waals surface area (Å²) < 4.78 is 10.9. The third-order valence-electron chi connectivity index (χ3n) is 3.18. The van der Waals surface area contributed by atoms with Crippen molar-refractivity contribution in [3.63, 3.8) is 0 Å². The van der Waals surface area contributed by atoms with E-state index in [9.17, 15) is 4.79 Å². The molecule has 0 radical (unpaired) electrons. The molecule has 0 aromatic heterocycles. The van der Waals surface area contributed by atoms with E-state index >= 15 is 0 Å². The number of carbonyl (C=O) groups is 1. The number of carbonyl (C=O) groups excluding carboxylic acids is 1. The molecule has 0 aromatic carbocycles. The molecule has 0 aromatic rings. The molecule has 0 saturated carbocycles. The van der Waals surface area contributed by atoms with Crippen LogP contribution in [0, 0.1) is 0 Å². The van der Waals surface area contributed by atoms with Crippen molar-refractivity contribution in [3.05, 3.63) is 0 Å². The van der Waals surface area contributed by atoms with Crippen LogP contribution in [0.25, 0.3) is 0 Å². The molecule has 0 aliphatic carbocycles. The van der Waals surface area contributed by atoms with Gasteiger partial charge in [0.2, 0.25) is 0 Å². The van der Waals surface area contributed by atoms with Crippen molar-refractivity contribution in [2.24, 2.45) is 0 Å². The van der Waals surface area contributed by atoms with Gasteiger partial charge in [-0.25, -0.2) is 0 Å². The van der Waals surface area contributed by atoms with Gasteiger partial charge in [0.15, 0.2) is 5.78 Å². The first-order valence-corrected chi connectivity index (χ1v) is 8.21. The Morgan fingerprint density at radius 1 is 1.00 bits per heavy atom. The number of rotatable bonds is 9. The molecule has 5 nitrogen and oxygen atoms in total. The van der Waals surface area contributed by atoms with Gasteiger partial charge in [-0.15, -0.1) is 0 Å². The van der Waals surface area contributed by atoms with Crippen molar-refractivity contribution >= 4 is 5.78 Å². The summed E-state index contributed by atoms with van der Waals surface area (Å²) >= 11 is 0. The van der Waals surface area contributed by atoms with Gasteiger partial charge in [0, 0.05) is 39.3 Å². The fourth-order valence-corrected chi connectivity index (χ4v) is 2.06. The lowest BCUT2D eigenvalue weighted by atomic mass is 10.3. The van der Waals surface area contributed by atoms with E-state index in [1.165, 1.54) is 0 Å². The van der Waals surface area contributed by atoms with Gasteiger partial charge in [0.1, 0.15) is 6.61 Å². The van der Waals surface area contributed by atoms with E-state index < -0.39 is 0 Å². The molecule has 1 heterocycles. The zero-order valence-corrected chi connectivity index (χ0v) is 14.6. The monoisotopic (exact) mass is 302 g/mol. The van der Waals surface area contributed by atoms with Gasteiger partial charge in [-0.3, -0.25) is 14.6 Å². The Bertz CT molecular complexity index is 252. The topological polar surface area (TPSA) is 42.0 Å². The van der Waals surface area contributed by atoms with Gasteiger partial charge in [0.05, 0.1) is 19.3 Å². The fraction of sp³-hybridized carbons (Fsp3) is 0.938. The summed E-state index contributed by atoms with van der Waals surface area (Å²) in [5.74, 6) is 0.0926. The molecule has 0 spiro atoms. The molecule has 1 saturated heterocycles. The number of ketones is 1. The summed E-state index contributed by atoms with van der Waals surface area (Å²) in [4.78, 5) is 15.6. The van der Waals surface area contributed by atoms with Crippen molar-refractivity contribution in [2.75, 3.05) is 59.1 Å². The molecule has 0 unspecified atom stereocenters. The maximum Gasteiger partial charge on any atom is 0.155 e. The highest BCUT2D eigenvalue weighted by atomic mass is 16.5. The smallest absolute Gasteiger partial charge is 0.155 e. The fourth-order valence-electron chi connectivity index (χ4n) is 2.06. The predicted octanol–water partition coefficient (Wildman–Crippen LogP) is 1.66. The number of Topliss-reactive ketones (excluding diaryl/α,β-unsaturated/α-hetero) is 1. The highest BCUT2D eigenvalue weighted by Crippen LogP contribution is 2.01. The minimum Gasteiger partial charge on any atom is -0.377 e. The minimum atomic E-state index is 0.0926.